The molecule has 2 rings (SSSR count). The third-order valence-corrected chi connectivity index (χ3v) is 3.08. The van der Waals surface area contributed by atoms with Gasteiger partial charge in [-0.15, -0.1) is 0 Å². The molecule has 0 saturated heterocycles. The standard InChI is InChI=1S/C16H19NO/c1-2-3-6-13-8-10-14(11-9-13)16(18)15-7-4-5-12-17-15/h4-5,7-12,16,18H,2-3,6H2,1H3/t16-/m1/s1. The highest BCUT2D eigenvalue weighted by molar-refractivity contribution is 5.29. The normalized spacial score (nSPS) is 12.3. The summed E-state index contributed by atoms with van der Waals surface area (Å²) in [6, 6.07) is 13.8. The Kier molecular flexibility index (Phi) is 4.48. The van der Waals surface area contributed by atoms with Crippen molar-refractivity contribution in [3.05, 3.63) is 65.5 Å². The van der Waals surface area contributed by atoms with Crippen molar-refractivity contribution in [3.63, 3.8) is 0 Å². The molecule has 2 nitrogen and oxygen atoms in total. The quantitative estimate of drug-likeness (QED) is 0.869. The van der Waals surface area contributed by atoms with Gasteiger partial charge in [-0.1, -0.05) is 43.7 Å². The first kappa shape index (κ1) is 12.8. The maximum Gasteiger partial charge on any atom is 0.121 e. The molecule has 1 aromatic heterocycles. The van der Waals surface area contributed by atoms with Gasteiger partial charge in [-0.3, -0.25) is 4.98 Å². The van der Waals surface area contributed by atoms with E-state index < -0.39 is 6.10 Å². The van der Waals surface area contributed by atoms with Crippen molar-refractivity contribution < 1.29 is 5.11 Å². The summed E-state index contributed by atoms with van der Waals surface area (Å²) in [4.78, 5) is 4.18. The molecule has 2 heteroatoms. The van der Waals surface area contributed by atoms with Crippen molar-refractivity contribution in [1.82, 2.24) is 4.98 Å². The van der Waals surface area contributed by atoms with Crippen molar-refractivity contribution in [2.24, 2.45) is 0 Å². The number of aromatic nitrogens is 1. The fourth-order valence-corrected chi connectivity index (χ4v) is 1.96. The Morgan fingerprint density at radius 3 is 2.50 bits per heavy atom. The molecule has 0 aliphatic rings. The molecule has 1 atom stereocenters. The molecule has 2 aromatic rings. The average molecular weight is 241 g/mol. The molecule has 1 aromatic carbocycles. The minimum atomic E-state index is -0.633. The zero-order valence-corrected chi connectivity index (χ0v) is 10.7. The molecule has 0 bridgehead atoms. The van der Waals surface area contributed by atoms with E-state index in [1.807, 2.05) is 30.3 Å². The number of rotatable bonds is 5. The number of unbranched alkanes of at least 4 members (excludes halogenated alkanes) is 1. The van der Waals surface area contributed by atoms with Crippen LogP contribution in [-0.2, 0) is 6.42 Å². The van der Waals surface area contributed by atoms with Crippen LogP contribution in [0.2, 0.25) is 0 Å². The Morgan fingerprint density at radius 2 is 1.89 bits per heavy atom. The summed E-state index contributed by atoms with van der Waals surface area (Å²) < 4.78 is 0. The molecule has 0 radical (unpaired) electrons. The van der Waals surface area contributed by atoms with Crippen LogP contribution in [0.15, 0.2) is 48.7 Å². The lowest BCUT2D eigenvalue weighted by Gasteiger charge is -2.11. The largest absolute Gasteiger partial charge is 0.382 e. The predicted octanol–water partition coefficient (Wildman–Crippen LogP) is 3.51. The Hall–Kier alpha value is -1.67. The van der Waals surface area contributed by atoms with Crippen LogP contribution in [0.5, 0.6) is 0 Å². The summed E-state index contributed by atoms with van der Waals surface area (Å²) in [5.41, 5.74) is 2.92. The van der Waals surface area contributed by atoms with Crippen molar-refractivity contribution in [2.75, 3.05) is 0 Å². The topological polar surface area (TPSA) is 33.1 Å². The average Bonchev–Trinajstić information content (AvgIpc) is 2.46. The fraction of sp³-hybridized carbons (Fsp3) is 0.312. The monoisotopic (exact) mass is 241 g/mol. The lowest BCUT2D eigenvalue weighted by atomic mass is 10.0. The second-order valence-corrected chi connectivity index (χ2v) is 4.50. The number of pyridine rings is 1. The molecular weight excluding hydrogens is 222 g/mol. The van der Waals surface area contributed by atoms with Crippen LogP contribution in [0, 0.1) is 0 Å². The van der Waals surface area contributed by atoms with E-state index in [1.54, 1.807) is 6.20 Å². The summed E-state index contributed by atoms with van der Waals surface area (Å²) >= 11 is 0. The number of aliphatic hydroxyl groups is 1. The van der Waals surface area contributed by atoms with Crippen molar-refractivity contribution in [1.29, 1.82) is 0 Å². The van der Waals surface area contributed by atoms with E-state index in [9.17, 15) is 5.11 Å². The van der Waals surface area contributed by atoms with Gasteiger partial charge in [-0.25, -0.2) is 0 Å². The maximum atomic E-state index is 10.2. The van der Waals surface area contributed by atoms with Gasteiger partial charge in [0, 0.05) is 6.20 Å². The van der Waals surface area contributed by atoms with Gasteiger partial charge >= 0.3 is 0 Å². The molecule has 0 unspecified atom stereocenters. The highest BCUT2D eigenvalue weighted by Crippen LogP contribution is 2.20. The van der Waals surface area contributed by atoms with Crippen LogP contribution in [0.3, 0.4) is 0 Å². The highest BCUT2D eigenvalue weighted by Gasteiger charge is 2.10. The SMILES string of the molecule is CCCCc1ccc([C@@H](O)c2ccccn2)cc1. The van der Waals surface area contributed by atoms with Crippen LogP contribution in [0.1, 0.15) is 42.7 Å². The molecular formula is C16H19NO. The van der Waals surface area contributed by atoms with Gasteiger partial charge in [0.1, 0.15) is 6.10 Å². The molecule has 1 N–H and O–H groups in total. The zero-order valence-electron chi connectivity index (χ0n) is 10.7. The summed E-state index contributed by atoms with van der Waals surface area (Å²) in [6.07, 6.45) is 4.59. The van der Waals surface area contributed by atoms with Gasteiger partial charge in [0.05, 0.1) is 5.69 Å². The molecule has 0 aliphatic carbocycles. The van der Waals surface area contributed by atoms with Gasteiger partial charge in [-0.05, 0) is 36.1 Å². The van der Waals surface area contributed by atoms with E-state index in [2.05, 4.69) is 24.0 Å². The minimum absolute atomic E-state index is 0.633. The minimum Gasteiger partial charge on any atom is -0.382 e. The molecule has 1 heterocycles. The summed E-state index contributed by atoms with van der Waals surface area (Å²) in [6.45, 7) is 2.19. The molecule has 0 aliphatic heterocycles. The number of aryl methyl sites for hydroxylation is 1. The van der Waals surface area contributed by atoms with E-state index in [1.165, 1.54) is 18.4 Å². The lowest BCUT2D eigenvalue weighted by Crippen LogP contribution is -2.01. The Bertz CT molecular complexity index is 464. The van der Waals surface area contributed by atoms with Crippen molar-refractivity contribution in [2.45, 2.75) is 32.3 Å². The lowest BCUT2D eigenvalue weighted by molar-refractivity contribution is 0.215. The zero-order chi connectivity index (χ0) is 12.8. The maximum absolute atomic E-state index is 10.2. The van der Waals surface area contributed by atoms with Crippen LogP contribution in [-0.4, -0.2) is 10.1 Å². The van der Waals surface area contributed by atoms with Crippen molar-refractivity contribution in [3.8, 4) is 0 Å². The second kappa shape index (κ2) is 6.31. The molecule has 94 valence electrons. The number of nitrogens with zero attached hydrogens (tertiary/aromatic N) is 1. The van der Waals surface area contributed by atoms with Crippen LogP contribution in [0.25, 0.3) is 0 Å². The van der Waals surface area contributed by atoms with Crippen LogP contribution < -0.4 is 0 Å². The Balaban J connectivity index is 2.09. The first-order valence-electron chi connectivity index (χ1n) is 6.49. The van der Waals surface area contributed by atoms with Crippen molar-refractivity contribution >= 4 is 0 Å². The molecule has 0 spiro atoms. The summed E-state index contributed by atoms with van der Waals surface area (Å²) in [5, 5.41) is 10.2. The summed E-state index contributed by atoms with van der Waals surface area (Å²) in [5.74, 6) is 0. The van der Waals surface area contributed by atoms with Gasteiger partial charge in [0.25, 0.3) is 0 Å². The first-order chi connectivity index (χ1) is 8.81. The number of hydrogen-bond acceptors (Lipinski definition) is 2. The smallest absolute Gasteiger partial charge is 0.121 e. The number of benzene rings is 1. The van der Waals surface area contributed by atoms with E-state index in [-0.39, 0.29) is 0 Å². The third kappa shape index (κ3) is 3.17. The Morgan fingerprint density at radius 1 is 1.11 bits per heavy atom. The van der Waals surface area contributed by atoms with Gasteiger partial charge in [0.15, 0.2) is 0 Å². The molecule has 0 amide bonds. The highest BCUT2D eigenvalue weighted by atomic mass is 16.3. The van der Waals surface area contributed by atoms with Gasteiger partial charge in [0.2, 0.25) is 0 Å². The van der Waals surface area contributed by atoms with Gasteiger partial charge in [-0.2, -0.15) is 0 Å². The number of hydrogen-bond donors (Lipinski definition) is 1. The first-order valence-corrected chi connectivity index (χ1v) is 6.49. The third-order valence-electron chi connectivity index (χ3n) is 3.08. The summed E-state index contributed by atoms with van der Waals surface area (Å²) in [7, 11) is 0. The Labute approximate surface area is 108 Å². The molecule has 18 heavy (non-hydrogen) atoms. The second-order valence-electron chi connectivity index (χ2n) is 4.50. The fourth-order valence-electron chi connectivity index (χ4n) is 1.96. The van der Waals surface area contributed by atoms with E-state index in [0.717, 1.165) is 12.0 Å². The van der Waals surface area contributed by atoms with E-state index >= 15 is 0 Å². The van der Waals surface area contributed by atoms with Gasteiger partial charge < -0.3 is 5.11 Å². The van der Waals surface area contributed by atoms with Crippen LogP contribution >= 0.6 is 0 Å². The molecule has 0 saturated carbocycles. The van der Waals surface area contributed by atoms with Crippen LogP contribution in [0.4, 0.5) is 0 Å². The van der Waals surface area contributed by atoms with E-state index in [0.29, 0.717) is 5.69 Å². The van der Waals surface area contributed by atoms with E-state index in [4.69, 9.17) is 0 Å². The predicted molar refractivity (Wildman–Crippen MR) is 73.4 cm³/mol. The molecule has 0 fully saturated rings. The number of aliphatic hydroxyl groups excluding tert-OH is 1.